The first-order valence-electron chi connectivity index (χ1n) is 6.46. The lowest BCUT2D eigenvalue weighted by Gasteiger charge is -2.23. The monoisotopic (exact) mass is 279 g/mol. The van der Waals surface area contributed by atoms with Crippen molar-refractivity contribution in [2.45, 2.75) is 18.9 Å². The van der Waals surface area contributed by atoms with Crippen LogP contribution in [0.3, 0.4) is 0 Å². The molecule has 2 rings (SSSR count). The first-order chi connectivity index (χ1) is 9.61. The first-order valence-corrected chi connectivity index (χ1v) is 6.46. The molecule has 1 atom stereocenters. The van der Waals surface area contributed by atoms with E-state index in [2.05, 4.69) is 10.6 Å². The van der Waals surface area contributed by atoms with E-state index in [0.717, 1.165) is 19.4 Å². The van der Waals surface area contributed by atoms with Crippen molar-refractivity contribution in [3.63, 3.8) is 0 Å². The van der Waals surface area contributed by atoms with Crippen molar-refractivity contribution in [1.29, 1.82) is 0 Å². The number of nitrogens with one attached hydrogen (secondary N) is 2. The molecule has 1 heterocycles. The Kier molecular flexibility index (Phi) is 4.52. The van der Waals surface area contributed by atoms with E-state index in [1.807, 2.05) is 0 Å². The highest BCUT2D eigenvalue weighted by Gasteiger charge is 2.23. The zero-order valence-corrected chi connectivity index (χ0v) is 11.2. The van der Waals surface area contributed by atoms with Gasteiger partial charge in [-0.1, -0.05) is 0 Å². The van der Waals surface area contributed by atoms with Gasteiger partial charge in [-0.3, -0.25) is 14.9 Å². The summed E-state index contributed by atoms with van der Waals surface area (Å²) in [6, 6.07) is 4.15. The predicted octanol–water partition coefficient (Wildman–Crippen LogP) is 1.09. The lowest BCUT2D eigenvalue weighted by atomic mass is 10.1. The summed E-state index contributed by atoms with van der Waals surface area (Å²) in [6.07, 6.45) is 1.85. The Bertz CT molecular complexity index is 512. The lowest BCUT2D eigenvalue weighted by molar-refractivity contribution is -0.385. The number of nitrogens with zero attached hydrogens (tertiary/aromatic N) is 1. The number of hydrogen-bond donors (Lipinski definition) is 2. The number of nitro benzene ring substituents is 1. The average molecular weight is 279 g/mol. The van der Waals surface area contributed by atoms with E-state index in [-0.39, 0.29) is 17.3 Å². The van der Waals surface area contributed by atoms with Crippen LogP contribution in [0, 0.1) is 10.1 Å². The molecule has 0 saturated carbocycles. The molecule has 1 amide bonds. The summed E-state index contributed by atoms with van der Waals surface area (Å²) in [6.45, 7) is 1.62. The van der Waals surface area contributed by atoms with Gasteiger partial charge in [0, 0.05) is 18.7 Å². The molecule has 0 spiro atoms. The molecule has 7 heteroatoms. The maximum atomic E-state index is 12.2. The summed E-state index contributed by atoms with van der Waals surface area (Å²) < 4.78 is 5.01. The van der Waals surface area contributed by atoms with Gasteiger partial charge >= 0.3 is 0 Å². The van der Waals surface area contributed by atoms with Crippen LogP contribution in [0.25, 0.3) is 0 Å². The number of nitro groups is 1. The largest absolute Gasteiger partial charge is 0.497 e. The average Bonchev–Trinajstić information content (AvgIpc) is 2.47. The molecule has 0 aromatic heterocycles. The number of ether oxygens (including phenoxy) is 1. The highest BCUT2D eigenvalue weighted by atomic mass is 16.6. The highest BCUT2D eigenvalue weighted by Crippen LogP contribution is 2.24. The third-order valence-corrected chi connectivity index (χ3v) is 3.28. The summed E-state index contributed by atoms with van der Waals surface area (Å²) in [5.74, 6) is -0.0215. The van der Waals surface area contributed by atoms with Crippen molar-refractivity contribution in [2.75, 3.05) is 20.2 Å². The second-order valence-corrected chi connectivity index (χ2v) is 4.66. The number of carbonyl (C=O) groups excluding carboxylic acids is 1. The molecule has 0 aliphatic carbocycles. The van der Waals surface area contributed by atoms with Gasteiger partial charge in [-0.2, -0.15) is 0 Å². The predicted molar refractivity (Wildman–Crippen MR) is 73.0 cm³/mol. The van der Waals surface area contributed by atoms with Crippen LogP contribution in [0.5, 0.6) is 5.75 Å². The summed E-state index contributed by atoms with van der Waals surface area (Å²) in [4.78, 5) is 22.6. The molecular formula is C13H17N3O4. The molecule has 1 aliphatic rings. The number of rotatable bonds is 4. The van der Waals surface area contributed by atoms with Crippen molar-refractivity contribution in [1.82, 2.24) is 10.6 Å². The summed E-state index contributed by atoms with van der Waals surface area (Å²) in [7, 11) is 1.45. The Balaban J connectivity index is 2.20. The van der Waals surface area contributed by atoms with Crippen LogP contribution in [-0.2, 0) is 0 Å². The van der Waals surface area contributed by atoms with Gasteiger partial charge in [0.1, 0.15) is 11.3 Å². The van der Waals surface area contributed by atoms with E-state index in [1.165, 1.54) is 25.3 Å². The quantitative estimate of drug-likeness (QED) is 0.635. The van der Waals surface area contributed by atoms with E-state index in [4.69, 9.17) is 4.74 Å². The standard InChI is InChI=1S/C13H17N3O4/c1-20-10-4-5-12(16(18)19)11(7-10)13(17)15-9-3-2-6-14-8-9/h4-5,7,9,14H,2-3,6,8H2,1H3,(H,15,17)/t9-/m0/s1. The lowest BCUT2D eigenvalue weighted by Crippen LogP contribution is -2.45. The molecular weight excluding hydrogens is 262 g/mol. The summed E-state index contributed by atoms with van der Waals surface area (Å²) >= 11 is 0. The molecule has 1 saturated heterocycles. The Morgan fingerprint density at radius 2 is 2.35 bits per heavy atom. The highest BCUT2D eigenvalue weighted by molar-refractivity contribution is 5.98. The normalized spacial score (nSPS) is 18.4. The number of amides is 1. The maximum absolute atomic E-state index is 12.2. The Morgan fingerprint density at radius 1 is 1.55 bits per heavy atom. The fraction of sp³-hybridized carbons (Fsp3) is 0.462. The molecule has 1 aliphatic heterocycles. The SMILES string of the molecule is COc1ccc([N+](=O)[O-])c(C(=O)N[C@H]2CCCNC2)c1. The molecule has 0 unspecified atom stereocenters. The van der Waals surface area contributed by atoms with Gasteiger partial charge in [0.05, 0.1) is 12.0 Å². The van der Waals surface area contributed by atoms with Crippen molar-refractivity contribution in [3.8, 4) is 5.75 Å². The zero-order valence-electron chi connectivity index (χ0n) is 11.2. The molecule has 108 valence electrons. The second-order valence-electron chi connectivity index (χ2n) is 4.66. The second kappa shape index (κ2) is 6.33. The van der Waals surface area contributed by atoms with Gasteiger partial charge < -0.3 is 15.4 Å². The molecule has 1 aromatic carbocycles. The number of carbonyl (C=O) groups is 1. The van der Waals surface area contributed by atoms with Gasteiger partial charge in [0.25, 0.3) is 11.6 Å². The molecule has 7 nitrogen and oxygen atoms in total. The topological polar surface area (TPSA) is 93.5 Å². The zero-order chi connectivity index (χ0) is 14.5. The van der Waals surface area contributed by atoms with Gasteiger partial charge in [-0.15, -0.1) is 0 Å². The molecule has 0 bridgehead atoms. The van der Waals surface area contributed by atoms with Gasteiger partial charge in [-0.25, -0.2) is 0 Å². The Hall–Kier alpha value is -2.15. The minimum atomic E-state index is -0.562. The minimum Gasteiger partial charge on any atom is -0.497 e. The number of piperidine rings is 1. The van der Waals surface area contributed by atoms with Crippen molar-refractivity contribution >= 4 is 11.6 Å². The summed E-state index contributed by atoms with van der Waals surface area (Å²) in [5, 5.41) is 17.0. The smallest absolute Gasteiger partial charge is 0.282 e. The first kappa shape index (κ1) is 14.3. The van der Waals surface area contributed by atoms with Gasteiger partial charge in [0.15, 0.2) is 0 Å². The van der Waals surface area contributed by atoms with Crippen LogP contribution < -0.4 is 15.4 Å². The van der Waals surface area contributed by atoms with Crippen LogP contribution in [0.4, 0.5) is 5.69 Å². The summed E-state index contributed by atoms with van der Waals surface area (Å²) in [5.41, 5.74) is -0.188. The van der Waals surface area contributed by atoms with Crippen LogP contribution in [-0.4, -0.2) is 37.1 Å². The van der Waals surface area contributed by atoms with E-state index < -0.39 is 10.8 Å². The Morgan fingerprint density at radius 3 is 2.95 bits per heavy atom. The fourth-order valence-electron chi connectivity index (χ4n) is 2.22. The molecule has 0 radical (unpaired) electrons. The molecule has 2 N–H and O–H groups in total. The molecule has 20 heavy (non-hydrogen) atoms. The maximum Gasteiger partial charge on any atom is 0.282 e. The third-order valence-electron chi connectivity index (χ3n) is 3.28. The van der Waals surface area contributed by atoms with Crippen molar-refractivity contribution < 1.29 is 14.5 Å². The van der Waals surface area contributed by atoms with E-state index in [1.54, 1.807) is 0 Å². The fourth-order valence-corrected chi connectivity index (χ4v) is 2.22. The molecule has 1 aromatic rings. The van der Waals surface area contributed by atoms with Crippen LogP contribution >= 0.6 is 0 Å². The Labute approximate surface area is 116 Å². The van der Waals surface area contributed by atoms with Crippen LogP contribution in [0.1, 0.15) is 23.2 Å². The van der Waals surface area contributed by atoms with Gasteiger partial charge in [0.2, 0.25) is 0 Å². The minimum absolute atomic E-state index is 0.00190. The van der Waals surface area contributed by atoms with Crippen LogP contribution in [0.2, 0.25) is 0 Å². The van der Waals surface area contributed by atoms with E-state index >= 15 is 0 Å². The van der Waals surface area contributed by atoms with Crippen molar-refractivity contribution in [2.24, 2.45) is 0 Å². The third kappa shape index (κ3) is 3.24. The van der Waals surface area contributed by atoms with E-state index in [0.29, 0.717) is 12.3 Å². The number of hydrogen-bond acceptors (Lipinski definition) is 5. The number of benzene rings is 1. The van der Waals surface area contributed by atoms with Crippen LogP contribution in [0.15, 0.2) is 18.2 Å². The van der Waals surface area contributed by atoms with Gasteiger partial charge in [-0.05, 0) is 31.5 Å². The number of methoxy groups -OCH3 is 1. The van der Waals surface area contributed by atoms with Crippen molar-refractivity contribution in [3.05, 3.63) is 33.9 Å². The van der Waals surface area contributed by atoms with E-state index in [9.17, 15) is 14.9 Å². The molecule has 1 fully saturated rings.